The zero-order valence-electron chi connectivity index (χ0n) is 20.3. The summed E-state index contributed by atoms with van der Waals surface area (Å²) >= 11 is 5.86. The molecule has 7 nitrogen and oxygen atoms in total. The number of carbonyl (C=O) groups is 1. The third kappa shape index (κ3) is 6.30. The zero-order valence-corrected chi connectivity index (χ0v) is 21.9. The maximum absolute atomic E-state index is 12.9. The minimum Gasteiger partial charge on any atom is -0.494 e. The van der Waals surface area contributed by atoms with E-state index in [1.54, 1.807) is 0 Å². The van der Waals surface area contributed by atoms with Crippen LogP contribution in [0.4, 0.5) is 0 Å². The second-order valence-electron chi connectivity index (χ2n) is 8.82. The Balaban J connectivity index is 1.46. The number of piperidine rings is 1. The van der Waals surface area contributed by atoms with Crippen molar-refractivity contribution in [3.8, 4) is 5.75 Å². The normalized spacial score (nSPS) is 15.4. The van der Waals surface area contributed by atoms with E-state index in [0.717, 1.165) is 43.7 Å². The van der Waals surface area contributed by atoms with Crippen LogP contribution in [0.2, 0.25) is 5.02 Å². The molecule has 36 heavy (non-hydrogen) atoms. The predicted molar refractivity (Wildman–Crippen MR) is 138 cm³/mol. The molecule has 2 heterocycles. The minimum atomic E-state index is -3.90. The van der Waals surface area contributed by atoms with E-state index in [-0.39, 0.29) is 21.8 Å². The van der Waals surface area contributed by atoms with Gasteiger partial charge in [-0.2, -0.15) is 0 Å². The number of nitrogens with one attached hydrogen (secondary N) is 1. The number of ether oxygens (including phenoxy) is 1. The van der Waals surface area contributed by atoms with Gasteiger partial charge >= 0.3 is 0 Å². The molecule has 2 aromatic carbocycles. The molecule has 1 amide bonds. The molecule has 0 bridgehead atoms. The third-order valence-electron chi connectivity index (χ3n) is 6.22. The number of halogens is 1. The highest BCUT2D eigenvalue weighted by Gasteiger charge is 2.26. The highest BCUT2D eigenvalue weighted by molar-refractivity contribution is 7.91. The fraction of sp³-hybridized carbons (Fsp3) is 0.370. The van der Waals surface area contributed by atoms with Crippen LogP contribution in [0.15, 0.2) is 75.1 Å². The van der Waals surface area contributed by atoms with Crippen LogP contribution in [0.3, 0.4) is 0 Å². The first-order valence-electron chi connectivity index (χ1n) is 12.2. The molecule has 4 rings (SSSR count). The number of furan rings is 1. The SMILES string of the molecule is CCCOc1ccc(C(CNC(=O)c2ccc(S(=O)(=O)c3ccc(Cl)cc3)o2)N2CCCCC2)cc1. The molecule has 1 unspecified atom stereocenters. The van der Waals surface area contributed by atoms with Crippen LogP contribution < -0.4 is 10.1 Å². The molecule has 3 aromatic rings. The van der Waals surface area contributed by atoms with Crippen LogP contribution in [-0.2, 0) is 9.84 Å². The van der Waals surface area contributed by atoms with Crippen LogP contribution in [0.5, 0.6) is 5.75 Å². The van der Waals surface area contributed by atoms with E-state index in [0.29, 0.717) is 18.2 Å². The number of likely N-dealkylation sites (tertiary alicyclic amines) is 1. The summed E-state index contributed by atoms with van der Waals surface area (Å²) in [5.74, 6) is 0.313. The molecule has 1 aromatic heterocycles. The first kappa shape index (κ1) is 26.3. The van der Waals surface area contributed by atoms with Gasteiger partial charge in [-0.25, -0.2) is 8.42 Å². The van der Waals surface area contributed by atoms with Crippen LogP contribution in [0.25, 0.3) is 0 Å². The highest BCUT2D eigenvalue weighted by atomic mass is 35.5. The van der Waals surface area contributed by atoms with Gasteiger partial charge in [0.05, 0.1) is 17.5 Å². The van der Waals surface area contributed by atoms with Crippen molar-refractivity contribution in [1.29, 1.82) is 0 Å². The average Bonchev–Trinajstić information content (AvgIpc) is 3.41. The van der Waals surface area contributed by atoms with Crippen molar-refractivity contribution in [2.45, 2.75) is 48.6 Å². The smallest absolute Gasteiger partial charge is 0.287 e. The van der Waals surface area contributed by atoms with E-state index in [1.807, 2.05) is 24.3 Å². The van der Waals surface area contributed by atoms with Crippen molar-refractivity contribution >= 4 is 27.3 Å². The molecule has 0 saturated carbocycles. The largest absolute Gasteiger partial charge is 0.494 e. The Morgan fingerprint density at radius 2 is 1.72 bits per heavy atom. The zero-order chi connectivity index (χ0) is 25.5. The Morgan fingerprint density at radius 1 is 1.03 bits per heavy atom. The first-order valence-corrected chi connectivity index (χ1v) is 14.1. The van der Waals surface area contributed by atoms with Crippen molar-refractivity contribution in [2.24, 2.45) is 0 Å². The summed E-state index contributed by atoms with van der Waals surface area (Å²) in [4.78, 5) is 15.3. The lowest BCUT2D eigenvalue weighted by atomic mass is 10.0. The number of hydrogen-bond donors (Lipinski definition) is 1. The summed E-state index contributed by atoms with van der Waals surface area (Å²) in [6, 6.07) is 16.5. The van der Waals surface area contributed by atoms with Crippen LogP contribution in [0, 0.1) is 0 Å². The van der Waals surface area contributed by atoms with Gasteiger partial charge in [-0.05, 0) is 86.4 Å². The van der Waals surface area contributed by atoms with Crippen LogP contribution >= 0.6 is 11.6 Å². The molecule has 1 aliphatic rings. The second-order valence-corrected chi connectivity index (χ2v) is 11.1. The van der Waals surface area contributed by atoms with Gasteiger partial charge in [0.15, 0.2) is 5.76 Å². The molecule has 1 fully saturated rings. The van der Waals surface area contributed by atoms with Crippen molar-refractivity contribution < 1.29 is 22.4 Å². The van der Waals surface area contributed by atoms with Crippen molar-refractivity contribution in [1.82, 2.24) is 10.2 Å². The molecule has 1 atom stereocenters. The lowest BCUT2D eigenvalue weighted by molar-refractivity contribution is 0.0892. The highest BCUT2D eigenvalue weighted by Crippen LogP contribution is 2.27. The molecule has 0 radical (unpaired) electrons. The summed E-state index contributed by atoms with van der Waals surface area (Å²) in [6.45, 7) is 5.02. The van der Waals surface area contributed by atoms with E-state index in [2.05, 4.69) is 17.1 Å². The molecular weight excluding hydrogens is 500 g/mol. The van der Waals surface area contributed by atoms with E-state index in [9.17, 15) is 13.2 Å². The molecule has 0 spiro atoms. The van der Waals surface area contributed by atoms with E-state index in [4.69, 9.17) is 20.8 Å². The maximum Gasteiger partial charge on any atom is 0.287 e. The summed E-state index contributed by atoms with van der Waals surface area (Å²) in [7, 11) is -3.90. The second kappa shape index (κ2) is 12.0. The first-order chi connectivity index (χ1) is 17.4. The van der Waals surface area contributed by atoms with E-state index in [1.165, 1.54) is 42.8 Å². The summed E-state index contributed by atoms with van der Waals surface area (Å²) in [5, 5.41) is 3.08. The lowest BCUT2D eigenvalue weighted by Crippen LogP contribution is -2.40. The molecule has 0 aliphatic carbocycles. The number of carbonyl (C=O) groups excluding carboxylic acids is 1. The number of sulfone groups is 1. The number of benzene rings is 2. The summed E-state index contributed by atoms with van der Waals surface area (Å²) in [6.07, 6.45) is 4.38. The fourth-order valence-electron chi connectivity index (χ4n) is 4.29. The van der Waals surface area contributed by atoms with Crippen molar-refractivity contribution in [2.75, 3.05) is 26.2 Å². The van der Waals surface area contributed by atoms with Gasteiger partial charge < -0.3 is 14.5 Å². The Hall–Kier alpha value is -2.81. The standard InChI is InChI=1S/C27H31ClN2O5S/c1-2-18-34-22-10-6-20(7-11-22)24(30-16-4-3-5-17-30)19-29-27(31)25-14-15-26(35-25)36(32,33)23-12-8-21(28)9-13-23/h6-15,24H,2-5,16-19H2,1H3,(H,29,31). The third-order valence-corrected chi connectivity index (χ3v) is 8.11. The molecule has 1 N–H and O–H groups in total. The Bertz CT molecular complexity index is 1250. The topological polar surface area (TPSA) is 88.8 Å². The molecule has 9 heteroatoms. The Labute approximate surface area is 217 Å². The lowest BCUT2D eigenvalue weighted by Gasteiger charge is -2.35. The van der Waals surface area contributed by atoms with Gasteiger partial charge in [-0.15, -0.1) is 0 Å². The van der Waals surface area contributed by atoms with E-state index < -0.39 is 15.7 Å². The van der Waals surface area contributed by atoms with Crippen LogP contribution in [0.1, 0.15) is 54.8 Å². The summed E-state index contributed by atoms with van der Waals surface area (Å²) < 4.78 is 36.9. The quantitative estimate of drug-likeness (QED) is 0.372. The van der Waals surface area contributed by atoms with Crippen LogP contribution in [-0.4, -0.2) is 45.5 Å². The van der Waals surface area contributed by atoms with Gasteiger partial charge in [-0.3, -0.25) is 9.69 Å². The monoisotopic (exact) mass is 530 g/mol. The number of rotatable bonds is 10. The summed E-state index contributed by atoms with van der Waals surface area (Å²) in [5.41, 5.74) is 1.09. The predicted octanol–water partition coefficient (Wildman–Crippen LogP) is 5.51. The van der Waals surface area contributed by atoms with Crippen molar-refractivity contribution in [3.63, 3.8) is 0 Å². The van der Waals surface area contributed by atoms with Gasteiger partial charge in [-0.1, -0.05) is 37.1 Å². The Morgan fingerprint density at radius 3 is 2.39 bits per heavy atom. The van der Waals surface area contributed by atoms with Gasteiger partial charge in [0.25, 0.3) is 5.91 Å². The number of amides is 1. The van der Waals surface area contributed by atoms with Crippen molar-refractivity contribution in [3.05, 3.63) is 77.0 Å². The maximum atomic E-state index is 12.9. The molecule has 1 aliphatic heterocycles. The number of hydrogen-bond acceptors (Lipinski definition) is 6. The van der Waals surface area contributed by atoms with Gasteiger partial charge in [0, 0.05) is 11.6 Å². The van der Waals surface area contributed by atoms with E-state index >= 15 is 0 Å². The Kier molecular flexibility index (Phi) is 8.72. The average molecular weight is 531 g/mol. The molecule has 1 saturated heterocycles. The fourth-order valence-corrected chi connectivity index (χ4v) is 5.59. The van der Waals surface area contributed by atoms with Gasteiger partial charge in [0.1, 0.15) is 5.75 Å². The van der Waals surface area contributed by atoms with Gasteiger partial charge in [0.2, 0.25) is 14.9 Å². The minimum absolute atomic E-state index is 0.0123. The molecular formula is C27H31ClN2O5S. The molecule has 192 valence electrons. The number of nitrogens with zero attached hydrogens (tertiary/aromatic N) is 1.